The van der Waals surface area contributed by atoms with Crippen LogP contribution in [0.1, 0.15) is 5.56 Å². The Morgan fingerprint density at radius 1 is 1.18 bits per heavy atom. The van der Waals surface area contributed by atoms with Gasteiger partial charge < -0.3 is 5.11 Å². The molecular weight excluding hydrogens is 326 g/mol. The molecule has 0 unspecified atom stereocenters. The highest BCUT2D eigenvalue weighted by Crippen LogP contribution is 2.27. The number of aryl methyl sites for hydroxylation is 1. The molecule has 0 fully saturated rings. The summed E-state index contributed by atoms with van der Waals surface area (Å²) in [7, 11) is -3.97. The van der Waals surface area contributed by atoms with Crippen LogP contribution in [-0.2, 0) is 14.8 Å². The first-order chi connectivity index (χ1) is 10.3. The average Bonchev–Trinajstić information content (AvgIpc) is 2.48. The number of hydrogen-bond donors (Lipinski definition) is 1. The van der Waals surface area contributed by atoms with E-state index >= 15 is 0 Å². The summed E-state index contributed by atoms with van der Waals surface area (Å²) in [5.74, 6) is -1.24. The minimum atomic E-state index is -3.97. The van der Waals surface area contributed by atoms with Crippen molar-refractivity contribution in [2.75, 3.05) is 10.8 Å². The van der Waals surface area contributed by atoms with Gasteiger partial charge in [0.25, 0.3) is 10.0 Å². The number of carboxylic acids is 1. The monoisotopic (exact) mass is 339 g/mol. The molecule has 0 atom stereocenters. The second-order valence-corrected chi connectivity index (χ2v) is 6.92. The molecule has 1 N–H and O–H groups in total. The molecule has 0 saturated heterocycles. The first-order valence-corrected chi connectivity index (χ1v) is 8.20. The number of carbonyl (C=O) groups is 1. The van der Waals surface area contributed by atoms with Crippen molar-refractivity contribution in [1.29, 1.82) is 0 Å². The summed E-state index contributed by atoms with van der Waals surface area (Å²) in [4.78, 5) is 11.1. The molecule has 0 bridgehead atoms. The van der Waals surface area contributed by atoms with Gasteiger partial charge in [0.1, 0.15) is 6.54 Å². The van der Waals surface area contributed by atoms with Crippen LogP contribution in [0.5, 0.6) is 0 Å². The molecule has 0 amide bonds. The van der Waals surface area contributed by atoms with E-state index in [-0.39, 0.29) is 10.6 Å². The maximum absolute atomic E-state index is 12.7. The van der Waals surface area contributed by atoms with Gasteiger partial charge in [-0.3, -0.25) is 9.10 Å². The van der Waals surface area contributed by atoms with Crippen LogP contribution >= 0.6 is 11.6 Å². The number of sulfonamides is 1. The van der Waals surface area contributed by atoms with E-state index in [0.717, 1.165) is 4.31 Å². The number of hydrogen-bond acceptors (Lipinski definition) is 3. The molecule has 0 heterocycles. The summed E-state index contributed by atoms with van der Waals surface area (Å²) in [5, 5.41) is 9.53. The van der Waals surface area contributed by atoms with Crippen molar-refractivity contribution in [1.82, 2.24) is 0 Å². The summed E-state index contributed by atoms with van der Waals surface area (Å²) < 4.78 is 26.2. The second kappa shape index (κ2) is 6.37. The molecular formula is C15H14ClNO4S. The quantitative estimate of drug-likeness (QED) is 0.908. The molecule has 0 aliphatic carbocycles. The van der Waals surface area contributed by atoms with E-state index in [4.69, 9.17) is 16.7 Å². The lowest BCUT2D eigenvalue weighted by Crippen LogP contribution is -2.35. The first kappa shape index (κ1) is 16.3. The Bertz CT molecular complexity index is 790. The van der Waals surface area contributed by atoms with Gasteiger partial charge in [0.2, 0.25) is 0 Å². The topological polar surface area (TPSA) is 74.7 Å². The Balaban J connectivity index is 2.55. The van der Waals surface area contributed by atoms with Crippen molar-refractivity contribution in [2.24, 2.45) is 0 Å². The summed E-state index contributed by atoms with van der Waals surface area (Å²) in [6.45, 7) is 1.05. The number of anilines is 1. The smallest absolute Gasteiger partial charge is 0.324 e. The Labute approximate surface area is 133 Å². The minimum Gasteiger partial charge on any atom is -0.480 e. The van der Waals surface area contributed by atoms with Crippen molar-refractivity contribution in [3.63, 3.8) is 0 Å². The molecule has 0 aromatic heterocycles. The molecule has 0 aliphatic heterocycles. The third kappa shape index (κ3) is 3.40. The predicted molar refractivity (Wildman–Crippen MR) is 84.8 cm³/mol. The Hall–Kier alpha value is -2.05. The zero-order valence-electron chi connectivity index (χ0n) is 11.7. The summed E-state index contributed by atoms with van der Waals surface area (Å²) in [6, 6.07) is 12.3. The van der Waals surface area contributed by atoms with Crippen LogP contribution in [0.2, 0.25) is 5.02 Å². The normalized spacial score (nSPS) is 11.2. The summed E-state index contributed by atoms with van der Waals surface area (Å²) in [6.07, 6.45) is 0. The lowest BCUT2D eigenvalue weighted by Gasteiger charge is -2.23. The fourth-order valence-corrected chi connectivity index (χ4v) is 3.49. The van der Waals surface area contributed by atoms with Crippen LogP contribution < -0.4 is 4.31 Å². The molecule has 2 aromatic carbocycles. The molecule has 22 heavy (non-hydrogen) atoms. The lowest BCUT2D eigenvalue weighted by molar-refractivity contribution is -0.135. The fourth-order valence-electron chi connectivity index (χ4n) is 1.94. The predicted octanol–water partition coefficient (Wildman–Crippen LogP) is 2.93. The van der Waals surface area contributed by atoms with E-state index in [1.165, 1.54) is 18.2 Å². The van der Waals surface area contributed by atoms with Gasteiger partial charge in [-0.2, -0.15) is 0 Å². The van der Waals surface area contributed by atoms with Crippen LogP contribution in [0.25, 0.3) is 0 Å². The molecule has 0 spiro atoms. The van der Waals surface area contributed by atoms with Crippen LogP contribution in [-0.4, -0.2) is 26.0 Å². The van der Waals surface area contributed by atoms with E-state index in [1.807, 2.05) is 0 Å². The zero-order chi connectivity index (χ0) is 16.3. The van der Waals surface area contributed by atoms with Crippen LogP contribution in [0.3, 0.4) is 0 Å². The number of aliphatic carboxylic acids is 1. The molecule has 2 rings (SSSR count). The van der Waals surface area contributed by atoms with E-state index in [9.17, 15) is 13.2 Å². The minimum absolute atomic E-state index is 0.0313. The third-order valence-electron chi connectivity index (χ3n) is 3.04. The van der Waals surface area contributed by atoms with Crippen molar-refractivity contribution < 1.29 is 18.3 Å². The van der Waals surface area contributed by atoms with Gasteiger partial charge >= 0.3 is 5.97 Å². The number of halogens is 1. The maximum Gasteiger partial charge on any atom is 0.324 e. The first-order valence-electron chi connectivity index (χ1n) is 6.38. The highest BCUT2D eigenvalue weighted by atomic mass is 35.5. The number of rotatable bonds is 5. The zero-order valence-corrected chi connectivity index (χ0v) is 13.3. The number of benzene rings is 2. The summed E-state index contributed by atoms with van der Waals surface area (Å²) in [5.41, 5.74) is 0.922. The van der Waals surface area contributed by atoms with Gasteiger partial charge in [-0.15, -0.1) is 0 Å². The van der Waals surface area contributed by atoms with Crippen molar-refractivity contribution in [3.05, 3.63) is 59.1 Å². The molecule has 2 aromatic rings. The van der Waals surface area contributed by atoms with Gasteiger partial charge in [0.05, 0.1) is 10.6 Å². The molecule has 0 saturated carbocycles. The largest absolute Gasteiger partial charge is 0.480 e. The van der Waals surface area contributed by atoms with E-state index < -0.39 is 22.5 Å². The fraction of sp³-hybridized carbons (Fsp3) is 0.133. The molecule has 0 radical (unpaired) electrons. The Morgan fingerprint density at radius 2 is 1.82 bits per heavy atom. The van der Waals surface area contributed by atoms with Gasteiger partial charge in [-0.25, -0.2) is 8.42 Å². The van der Waals surface area contributed by atoms with Crippen LogP contribution in [0, 0.1) is 6.92 Å². The van der Waals surface area contributed by atoms with E-state index in [1.54, 1.807) is 37.3 Å². The lowest BCUT2D eigenvalue weighted by atomic mass is 10.2. The van der Waals surface area contributed by atoms with Crippen molar-refractivity contribution in [3.8, 4) is 0 Å². The molecule has 5 nitrogen and oxygen atoms in total. The summed E-state index contributed by atoms with van der Waals surface area (Å²) >= 11 is 5.94. The van der Waals surface area contributed by atoms with Gasteiger partial charge in [0.15, 0.2) is 0 Å². The Morgan fingerprint density at radius 3 is 2.36 bits per heavy atom. The molecule has 116 valence electrons. The average molecular weight is 340 g/mol. The third-order valence-corrected chi connectivity index (χ3v) is 5.25. The van der Waals surface area contributed by atoms with Gasteiger partial charge in [0, 0.05) is 5.02 Å². The van der Waals surface area contributed by atoms with Crippen molar-refractivity contribution >= 4 is 33.3 Å². The highest BCUT2D eigenvalue weighted by Gasteiger charge is 2.27. The number of carboxylic acid groups (broad SMARTS) is 1. The SMILES string of the molecule is Cc1cc(N(CC(=O)O)S(=O)(=O)c2ccccc2)ccc1Cl. The van der Waals surface area contributed by atoms with E-state index in [2.05, 4.69) is 0 Å². The van der Waals surface area contributed by atoms with Gasteiger partial charge in [-0.05, 0) is 42.8 Å². The van der Waals surface area contributed by atoms with E-state index in [0.29, 0.717) is 10.6 Å². The molecule has 0 aliphatic rings. The Kier molecular flexibility index (Phi) is 4.73. The van der Waals surface area contributed by atoms with Crippen LogP contribution in [0.4, 0.5) is 5.69 Å². The van der Waals surface area contributed by atoms with Crippen molar-refractivity contribution in [2.45, 2.75) is 11.8 Å². The standard InChI is InChI=1S/C15H14ClNO4S/c1-11-9-12(7-8-14(11)16)17(10-15(18)19)22(20,21)13-5-3-2-4-6-13/h2-9H,10H2,1H3,(H,18,19). The maximum atomic E-state index is 12.7. The molecule has 7 heteroatoms. The highest BCUT2D eigenvalue weighted by molar-refractivity contribution is 7.92. The second-order valence-electron chi connectivity index (χ2n) is 4.65. The van der Waals surface area contributed by atoms with Gasteiger partial charge in [-0.1, -0.05) is 29.8 Å². The number of nitrogens with zero attached hydrogens (tertiary/aromatic N) is 1. The van der Waals surface area contributed by atoms with Crippen LogP contribution in [0.15, 0.2) is 53.4 Å².